The van der Waals surface area contributed by atoms with Gasteiger partial charge in [0.05, 0.1) is 12.3 Å². The van der Waals surface area contributed by atoms with E-state index in [1.54, 1.807) is 12.1 Å². The van der Waals surface area contributed by atoms with E-state index in [4.69, 9.17) is 10.2 Å². The van der Waals surface area contributed by atoms with Gasteiger partial charge >= 0.3 is 5.97 Å². The largest absolute Gasteiger partial charge is 0.508 e. The van der Waals surface area contributed by atoms with Gasteiger partial charge in [-0.25, -0.2) is 4.79 Å². The topological polar surface area (TPSA) is 107 Å². The van der Waals surface area contributed by atoms with Gasteiger partial charge in [-0.05, 0) is 31.2 Å². The molecule has 1 aromatic rings. The molecule has 4 N–H and O–H groups in total. The molecular weight excluding hydrogens is 270 g/mol. The lowest BCUT2D eigenvalue weighted by molar-refractivity contribution is -0.156. The molecule has 0 saturated carbocycles. The summed E-state index contributed by atoms with van der Waals surface area (Å²) in [6.45, 7) is 0.764. The molecule has 0 fully saturated rings. The summed E-state index contributed by atoms with van der Waals surface area (Å²) in [5.74, 6) is -1.52. The van der Waals surface area contributed by atoms with Crippen molar-refractivity contribution in [1.29, 1.82) is 0 Å². The number of phenols is 1. The summed E-state index contributed by atoms with van der Waals surface area (Å²) >= 11 is 1.24. The molecule has 0 saturated heterocycles. The number of amides is 1. The van der Waals surface area contributed by atoms with E-state index < -0.39 is 11.6 Å². The lowest BCUT2D eigenvalue weighted by atomic mass is 10.1. The standard InChI is InChI=1S/C12H15NO5S/c1-12(18,11(16)17)7-13-10(15)6-19-9-4-2-8(14)3-5-9/h2-5,14,18H,6-7H2,1H3,(H,13,15)(H,16,17). The van der Waals surface area contributed by atoms with E-state index in [1.807, 2.05) is 0 Å². The van der Waals surface area contributed by atoms with Crippen molar-refractivity contribution in [3.05, 3.63) is 24.3 Å². The zero-order chi connectivity index (χ0) is 14.5. The predicted molar refractivity (Wildman–Crippen MR) is 70.1 cm³/mol. The van der Waals surface area contributed by atoms with Crippen LogP contribution in [-0.4, -0.2) is 45.1 Å². The number of benzene rings is 1. The molecule has 19 heavy (non-hydrogen) atoms. The zero-order valence-electron chi connectivity index (χ0n) is 10.3. The molecule has 0 aliphatic heterocycles. The molecule has 1 unspecified atom stereocenters. The summed E-state index contributed by atoms with van der Waals surface area (Å²) in [6.07, 6.45) is 0. The van der Waals surface area contributed by atoms with Crippen molar-refractivity contribution in [3.63, 3.8) is 0 Å². The van der Waals surface area contributed by atoms with E-state index in [0.717, 1.165) is 11.8 Å². The Labute approximate surface area is 114 Å². The van der Waals surface area contributed by atoms with Crippen LogP contribution in [0.3, 0.4) is 0 Å². The number of phenolic OH excluding ortho intramolecular Hbond substituents is 1. The van der Waals surface area contributed by atoms with Gasteiger partial charge in [0, 0.05) is 4.90 Å². The number of carboxylic acids is 1. The zero-order valence-corrected chi connectivity index (χ0v) is 11.1. The van der Waals surface area contributed by atoms with Crippen LogP contribution in [0.1, 0.15) is 6.92 Å². The SMILES string of the molecule is CC(O)(CNC(=O)CSc1ccc(O)cc1)C(=O)O. The summed E-state index contributed by atoms with van der Waals surface area (Å²) in [5, 5.41) is 29.5. The fourth-order valence-electron chi connectivity index (χ4n) is 1.09. The lowest BCUT2D eigenvalue weighted by Gasteiger charge is -2.18. The lowest BCUT2D eigenvalue weighted by Crippen LogP contribution is -2.46. The van der Waals surface area contributed by atoms with Gasteiger partial charge in [0.15, 0.2) is 5.60 Å². The molecule has 0 spiro atoms. The van der Waals surface area contributed by atoms with Crippen molar-refractivity contribution in [2.75, 3.05) is 12.3 Å². The van der Waals surface area contributed by atoms with Crippen LogP contribution in [-0.2, 0) is 9.59 Å². The first-order valence-electron chi connectivity index (χ1n) is 5.45. The number of carbonyl (C=O) groups is 2. The maximum absolute atomic E-state index is 11.5. The van der Waals surface area contributed by atoms with Crippen molar-refractivity contribution in [1.82, 2.24) is 5.32 Å². The number of carbonyl (C=O) groups excluding carboxylic acids is 1. The quantitative estimate of drug-likeness (QED) is 0.565. The van der Waals surface area contributed by atoms with E-state index in [9.17, 15) is 14.7 Å². The van der Waals surface area contributed by atoms with Crippen LogP contribution in [0.15, 0.2) is 29.2 Å². The van der Waals surface area contributed by atoms with Crippen molar-refractivity contribution in [2.24, 2.45) is 0 Å². The van der Waals surface area contributed by atoms with E-state index in [-0.39, 0.29) is 24.0 Å². The summed E-state index contributed by atoms with van der Waals surface area (Å²) in [7, 11) is 0. The molecule has 1 rings (SSSR count). The van der Waals surface area contributed by atoms with Crippen molar-refractivity contribution in [3.8, 4) is 5.75 Å². The van der Waals surface area contributed by atoms with E-state index >= 15 is 0 Å². The molecule has 104 valence electrons. The normalized spacial score (nSPS) is 13.6. The van der Waals surface area contributed by atoms with Gasteiger partial charge in [0.2, 0.25) is 5.91 Å². The highest BCUT2D eigenvalue weighted by molar-refractivity contribution is 8.00. The Bertz CT molecular complexity index is 458. The Morgan fingerprint density at radius 1 is 1.32 bits per heavy atom. The van der Waals surface area contributed by atoms with Gasteiger partial charge in [0.25, 0.3) is 0 Å². The van der Waals surface area contributed by atoms with Gasteiger partial charge in [-0.15, -0.1) is 11.8 Å². The Hall–Kier alpha value is -1.73. The third kappa shape index (κ3) is 5.19. The van der Waals surface area contributed by atoms with Gasteiger partial charge in [0.1, 0.15) is 5.75 Å². The number of nitrogens with one attached hydrogen (secondary N) is 1. The third-order valence-corrected chi connectivity index (χ3v) is 3.31. The number of aliphatic carboxylic acids is 1. The molecule has 1 amide bonds. The molecule has 0 aliphatic carbocycles. The molecule has 0 heterocycles. The smallest absolute Gasteiger partial charge is 0.337 e. The van der Waals surface area contributed by atoms with Gasteiger partial charge < -0.3 is 20.6 Å². The minimum Gasteiger partial charge on any atom is -0.508 e. The summed E-state index contributed by atoms with van der Waals surface area (Å²) in [5.41, 5.74) is -1.97. The average Bonchev–Trinajstić information content (AvgIpc) is 2.35. The second-order valence-corrected chi connectivity index (χ2v) is 5.19. The molecule has 1 atom stereocenters. The predicted octanol–water partition coefficient (Wildman–Crippen LogP) is 0.436. The third-order valence-electron chi connectivity index (χ3n) is 2.30. The Balaban J connectivity index is 2.36. The van der Waals surface area contributed by atoms with E-state index in [1.165, 1.54) is 23.9 Å². The minimum absolute atomic E-state index is 0.0977. The fraction of sp³-hybridized carbons (Fsp3) is 0.333. The first-order valence-corrected chi connectivity index (χ1v) is 6.44. The Morgan fingerprint density at radius 2 is 1.89 bits per heavy atom. The average molecular weight is 285 g/mol. The molecule has 0 radical (unpaired) electrons. The highest BCUT2D eigenvalue weighted by Gasteiger charge is 2.30. The second kappa shape index (κ2) is 6.44. The number of thioether (sulfide) groups is 1. The molecular formula is C12H15NO5S. The molecule has 0 aromatic heterocycles. The van der Waals surface area contributed by atoms with Gasteiger partial charge in [-0.3, -0.25) is 4.79 Å². The van der Waals surface area contributed by atoms with Crippen molar-refractivity contribution < 1.29 is 24.9 Å². The van der Waals surface area contributed by atoms with Crippen molar-refractivity contribution in [2.45, 2.75) is 17.4 Å². The monoisotopic (exact) mass is 285 g/mol. The summed E-state index contributed by atoms with van der Waals surface area (Å²) in [4.78, 5) is 22.9. The molecule has 0 aliphatic rings. The van der Waals surface area contributed by atoms with Crippen LogP contribution in [0.5, 0.6) is 5.75 Å². The maximum Gasteiger partial charge on any atom is 0.337 e. The first kappa shape index (κ1) is 15.3. The van der Waals surface area contributed by atoms with Crippen LogP contribution < -0.4 is 5.32 Å². The van der Waals surface area contributed by atoms with Crippen LogP contribution in [0.2, 0.25) is 0 Å². The first-order chi connectivity index (χ1) is 8.81. The summed E-state index contributed by atoms with van der Waals surface area (Å²) in [6, 6.07) is 6.35. The highest BCUT2D eigenvalue weighted by atomic mass is 32.2. The van der Waals surface area contributed by atoms with E-state index in [0.29, 0.717) is 0 Å². The molecule has 1 aromatic carbocycles. The number of hydrogen-bond acceptors (Lipinski definition) is 5. The number of hydrogen-bond donors (Lipinski definition) is 4. The van der Waals surface area contributed by atoms with Crippen LogP contribution in [0, 0.1) is 0 Å². The number of carboxylic acid groups (broad SMARTS) is 1. The van der Waals surface area contributed by atoms with Crippen LogP contribution in [0.4, 0.5) is 0 Å². The molecule has 6 nitrogen and oxygen atoms in total. The number of rotatable bonds is 6. The maximum atomic E-state index is 11.5. The minimum atomic E-state index is -1.97. The molecule has 7 heteroatoms. The van der Waals surface area contributed by atoms with Gasteiger partial charge in [-0.1, -0.05) is 0 Å². The van der Waals surface area contributed by atoms with Crippen LogP contribution in [0.25, 0.3) is 0 Å². The summed E-state index contributed by atoms with van der Waals surface area (Å²) < 4.78 is 0. The van der Waals surface area contributed by atoms with Gasteiger partial charge in [-0.2, -0.15) is 0 Å². The Kier molecular flexibility index (Phi) is 5.20. The Morgan fingerprint density at radius 3 is 2.42 bits per heavy atom. The fourth-order valence-corrected chi connectivity index (χ4v) is 1.82. The van der Waals surface area contributed by atoms with E-state index in [2.05, 4.69) is 5.32 Å². The molecule has 0 bridgehead atoms. The highest BCUT2D eigenvalue weighted by Crippen LogP contribution is 2.20. The number of aliphatic hydroxyl groups is 1. The van der Waals surface area contributed by atoms with Crippen LogP contribution >= 0.6 is 11.8 Å². The number of aromatic hydroxyl groups is 1. The van der Waals surface area contributed by atoms with Crippen molar-refractivity contribution >= 4 is 23.6 Å². The second-order valence-electron chi connectivity index (χ2n) is 4.14.